The van der Waals surface area contributed by atoms with Gasteiger partial charge in [-0.3, -0.25) is 19.4 Å². The minimum absolute atomic E-state index is 0.0938. The predicted molar refractivity (Wildman–Crippen MR) is 49.8 cm³/mol. The van der Waals surface area contributed by atoms with Gasteiger partial charge in [-0.1, -0.05) is 6.07 Å². The van der Waals surface area contributed by atoms with Gasteiger partial charge in [-0.25, -0.2) is 4.39 Å². The molecule has 4 nitrogen and oxygen atoms in total. The van der Waals surface area contributed by atoms with E-state index in [0.29, 0.717) is 0 Å². The van der Waals surface area contributed by atoms with Crippen LogP contribution in [0.4, 0.5) is 4.39 Å². The van der Waals surface area contributed by atoms with Crippen molar-refractivity contribution in [2.24, 2.45) is 7.05 Å². The number of halogens is 1. The van der Waals surface area contributed by atoms with Crippen LogP contribution in [0.1, 0.15) is 0 Å². The molecule has 0 saturated heterocycles. The van der Waals surface area contributed by atoms with Gasteiger partial charge in [0.1, 0.15) is 5.82 Å². The van der Waals surface area contributed by atoms with Crippen LogP contribution in [-0.2, 0) is 7.05 Å². The molecule has 0 aliphatic carbocycles. The molecule has 14 heavy (non-hydrogen) atoms. The summed E-state index contributed by atoms with van der Waals surface area (Å²) >= 11 is 0. The number of hydrogen-bond donors (Lipinski definition) is 1. The highest BCUT2D eigenvalue weighted by Gasteiger charge is 2.08. The fraction of sp³-hybridized carbons (Fsp3) is 0.111. The van der Waals surface area contributed by atoms with Gasteiger partial charge in [0.05, 0.1) is 10.8 Å². The fourth-order valence-corrected chi connectivity index (χ4v) is 1.37. The highest BCUT2D eigenvalue weighted by atomic mass is 19.1. The lowest BCUT2D eigenvalue weighted by molar-refractivity contribution is 0.633. The largest absolute Gasteiger partial charge is 0.273 e. The summed E-state index contributed by atoms with van der Waals surface area (Å²) < 4.78 is 14.2. The van der Waals surface area contributed by atoms with Crippen molar-refractivity contribution in [2.45, 2.75) is 0 Å². The molecule has 2 rings (SSSR count). The van der Waals surface area contributed by atoms with E-state index in [4.69, 9.17) is 0 Å². The Balaban J connectivity index is 3.18. The molecule has 0 saturated carbocycles. The maximum Gasteiger partial charge on any atom is 0.273 e. The van der Waals surface area contributed by atoms with Gasteiger partial charge >= 0.3 is 0 Å². The van der Waals surface area contributed by atoms with E-state index in [9.17, 15) is 14.0 Å². The second kappa shape index (κ2) is 2.80. The van der Waals surface area contributed by atoms with Crippen LogP contribution in [0.3, 0.4) is 0 Å². The Kier molecular flexibility index (Phi) is 1.73. The molecule has 0 aliphatic heterocycles. The first-order chi connectivity index (χ1) is 6.61. The molecule has 0 fully saturated rings. The monoisotopic (exact) mass is 194 g/mol. The molecule has 0 unspecified atom stereocenters. The number of fused-ring (bicyclic) bond motifs is 1. The zero-order valence-corrected chi connectivity index (χ0v) is 7.37. The van der Waals surface area contributed by atoms with Gasteiger partial charge in [-0.2, -0.15) is 0 Å². The molecule has 0 bridgehead atoms. The van der Waals surface area contributed by atoms with Crippen molar-refractivity contribution in [3.63, 3.8) is 0 Å². The lowest BCUT2D eigenvalue weighted by atomic mass is 10.2. The van der Waals surface area contributed by atoms with E-state index in [1.54, 1.807) is 0 Å². The quantitative estimate of drug-likeness (QED) is 0.658. The first-order valence-corrected chi connectivity index (χ1v) is 3.99. The molecule has 1 N–H and O–H groups in total. The number of hydrogen-bond acceptors (Lipinski definition) is 2. The van der Waals surface area contributed by atoms with Gasteiger partial charge in [0.15, 0.2) is 0 Å². The Labute approximate surface area is 77.6 Å². The first-order valence-electron chi connectivity index (χ1n) is 3.99. The standard InChI is InChI=1S/C9H7FN2O2/c1-12-9(14)5-3-2-4-6(10)7(5)8(13)11-12/h2-4H,1H3,(H,11,13). The third-order valence-electron chi connectivity index (χ3n) is 2.04. The van der Waals surface area contributed by atoms with E-state index in [1.165, 1.54) is 19.2 Å². The topological polar surface area (TPSA) is 54.9 Å². The molecule has 0 atom stereocenters. The normalized spacial score (nSPS) is 10.7. The zero-order valence-electron chi connectivity index (χ0n) is 7.37. The Morgan fingerprint density at radius 1 is 1.36 bits per heavy atom. The van der Waals surface area contributed by atoms with Crippen molar-refractivity contribution >= 4 is 10.8 Å². The predicted octanol–water partition coefficient (Wildman–Crippen LogP) is 0.366. The molecular formula is C9H7FN2O2. The van der Waals surface area contributed by atoms with Crippen molar-refractivity contribution in [3.05, 3.63) is 44.7 Å². The van der Waals surface area contributed by atoms with E-state index >= 15 is 0 Å². The summed E-state index contributed by atoms with van der Waals surface area (Å²) in [7, 11) is 1.41. The van der Waals surface area contributed by atoms with Crippen molar-refractivity contribution in [1.29, 1.82) is 0 Å². The molecule has 0 aliphatic rings. The number of aromatic amines is 1. The minimum atomic E-state index is -0.679. The van der Waals surface area contributed by atoms with E-state index in [2.05, 4.69) is 5.10 Å². The van der Waals surface area contributed by atoms with Crippen molar-refractivity contribution in [3.8, 4) is 0 Å². The van der Waals surface area contributed by atoms with Gasteiger partial charge in [-0.05, 0) is 12.1 Å². The summed E-state index contributed by atoms with van der Waals surface area (Å²) in [6.45, 7) is 0. The van der Waals surface area contributed by atoms with Crippen LogP contribution in [0, 0.1) is 5.82 Å². The van der Waals surface area contributed by atoms with Crippen molar-refractivity contribution in [2.75, 3.05) is 0 Å². The number of benzene rings is 1. The number of H-pyrrole nitrogens is 1. The Morgan fingerprint density at radius 2 is 2.07 bits per heavy atom. The van der Waals surface area contributed by atoms with Gasteiger partial charge in [0.25, 0.3) is 11.1 Å². The maximum absolute atomic E-state index is 13.2. The SMILES string of the molecule is Cn1[nH]c(=O)c2c(F)cccc2c1=O. The number of rotatable bonds is 0. The summed E-state index contributed by atoms with van der Waals surface area (Å²) in [5.41, 5.74) is -1.01. The van der Waals surface area contributed by atoms with Gasteiger partial charge in [0, 0.05) is 7.05 Å². The average Bonchev–Trinajstić information content (AvgIpc) is 2.14. The second-order valence-corrected chi connectivity index (χ2v) is 2.97. The minimum Gasteiger partial charge on any atom is -0.267 e. The number of nitrogens with one attached hydrogen (secondary N) is 1. The first kappa shape index (κ1) is 8.68. The van der Waals surface area contributed by atoms with Crippen molar-refractivity contribution < 1.29 is 4.39 Å². The van der Waals surface area contributed by atoms with Gasteiger partial charge in [0.2, 0.25) is 0 Å². The summed E-state index contributed by atoms with van der Waals surface area (Å²) in [5.74, 6) is -0.679. The van der Waals surface area contributed by atoms with E-state index < -0.39 is 16.9 Å². The van der Waals surface area contributed by atoms with Crippen LogP contribution >= 0.6 is 0 Å². The summed E-state index contributed by atoms with van der Waals surface area (Å²) in [4.78, 5) is 22.8. The third kappa shape index (κ3) is 1.06. The summed E-state index contributed by atoms with van der Waals surface area (Å²) in [6.07, 6.45) is 0. The highest BCUT2D eigenvalue weighted by molar-refractivity contribution is 5.80. The second-order valence-electron chi connectivity index (χ2n) is 2.97. The molecule has 0 amide bonds. The molecule has 1 heterocycles. The number of aromatic nitrogens is 2. The molecule has 1 aromatic carbocycles. The Morgan fingerprint density at radius 3 is 2.79 bits per heavy atom. The fourth-order valence-electron chi connectivity index (χ4n) is 1.37. The lowest BCUT2D eigenvalue weighted by Gasteiger charge is -2.00. The van der Waals surface area contributed by atoms with Gasteiger partial charge in [-0.15, -0.1) is 0 Å². The zero-order chi connectivity index (χ0) is 10.3. The van der Waals surface area contributed by atoms with Crippen molar-refractivity contribution in [1.82, 2.24) is 9.78 Å². The Hall–Kier alpha value is -1.91. The van der Waals surface area contributed by atoms with Crippen LogP contribution in [0.15, 0.2) is 27.8 Å². The third-order valence-corrected chi connectivity index (χ3v) is 2.04. The molecule has 0 radical (unpaired) electrons. The van der Waals surface area contributed by atoms with Crippen LogP contribution in [0.2, 0.25) is 0 Å². The van der Waals surface area contributed by atoms with Crippen LogP contribution in [0.5, 0.6) is 0 Å². The highest BCUT2D eigenvalue weighted by Crippen LogP contribution is 2.08. The summed E-state index contributed by atoms with van der Waals surface area (Å²) in [5, 5.41) is 2.14. The smallest absolute Gasteiger partial charge is 0.267 e. The Bertz CT molecular complexity index is 612. The van der Waals surface area contributed by atoms with E-state index in [1.807, 2.05) is 0 Å². The maximum atomic E-state index is 13.2. The van der Waals surface area contributed by atoms with E-state index in [-0.39, 0.29) is 10.8 Å². The van der Waals surface area contributed by atoms with Gasteiger partial charge < -0.3 is 0 Å². The number of nitrogens with zero attached hydrogens (tertiary/aromatic N) is 1. The molecule has 0 spiro atoms. The molecule has 1 aromatic heterocycles. The van der Waals surface area contributed by atoms with Crippen LogP contribution in [0.25, 0.3) is 10.8 Å². The van der Waals surface area contributed by atoms with Crippen LogP contribution in [-0.4, -0.2) is 9.78 Å². The van der Waals surface area contributed by atoms with E-state index in [0.717, 1.165) is 10.7 Å². The lowest BCUT2D eigenvalue weighted by Crippen LogP contribution is -2.27. The molecule has 5 heteroatoms. The molecular weight excluding hydrogens is 187 g/mol. The summed E-state index contributed by atoms with van der Waals surface area (Å²) in [6, 6.07) is 3.98. The average molecular weight is 194 g/mol. The van der Waals surface area contributed by atoms with Crippen LogP contribution < -0.4 is 11.1 Å². The number of aryl methyl sites for hydroxylation is 1. The molecule has 72 valence electrons. The molecule has 2 aromatic rings.